The van der Waals surface area contributed by atoms with Gasteiger partial charge in [-0.2, -0.15) is 22.0 Å². The Morgan fingerprint density at radius 1 is 1.17 bits per heavy atom. The molecule has 0 aliphatic heterocycles. The second-order valence-electron chi connectivity index (χ2n) is 8.52. The van der Waals surface area contributed by atoms with E-state index < -0.39 is 24.3 Å². The normalized spacial score (nSPS) is 18.8. The van der Waals surface area contributed by atoms with E-state index in [4.69, 9.17) is 4.42 Å². The van der Waals surface area contributed by atoms with Crippen LogP contribution >= 0.6 is 11.3 Å². The number of halogens is 5. The number of hydrogen-bond acceptors (Lipinski definition) is 6. The molecule has 0 saturated heterocycles. The van der Waals surface area contributed by atoms with Crippen LogP contribution in [-0.2, 0) is 6.18 Å². The molecule has 0 unspecified atom stereocenters. The van der Waals surface area contributed by atoms with Crippen LogP contribution in [0.2, 0.25) is 0 Å². The number of thiazole rings is 1. The topological polar surface area (TPSA) is 84.6 Å². The summed E-state index contributed by atoms with van der Waals surface area (Å²) in [6.07, 6.45) is -2.54. The quantitative estimate of drug-likeness (QED) is 0.296. The van der Waals surface area contributed by atoms with Crippen molar-refractivity contribution in [1.29, 1.82) is 0 Å². The van der Waals surface area contributed by atoms with Gasteiger partial charge in [0, 0.05) is 27.8 Å². The van der Waals surface area contributed by atoms with E-state index in [1.54, 1.807) is 0 Å². The third kappa shape index (κ3) is 4.74. The highest BCUT2D eigenvalue weighted by Crippen LogP contribution is 2.44. The molecule has 12 heteroatoms. The van der Waals surface area contributed by atoms with Gasteiger partial charge >= 0.3 is 12.8 Å². The summed E-state index contributed by atoms with van der Waals surface area (Å²) in [6.45, 7) is -3.17. The molecule has 0 bridgehead atoms. The number of hydrogen-bond donors (Lipinski definition) is 2. The minimum atomic E-state index is -4.63. The van der Waals surface area contributed by atoms with Crippen molar-refractivity contribution in [3.05, 3.63) is 47.0 Å². The van der Waals surface area contributed by atoms with E-state index in [2.05, 4.69) is 15.0 Å². The average Bonchev–Trinajstić information content (AvgIpc) is 3.45. The maximum atomic E-state index is 13.4. The van der Waals surface area contributed by atoms with Gasteiger partial charge in [-0.3, -0.25) is 4.79 Å². The number of carbonyl (C=O) groups excluding carboxylic acids is 1. The number of nitrogens with zero attached hydrogens (tertiary/aromatic N) is 1. The van der Waals surface area contributed by atoms with Crippen LogP contribution in [0.5, 0.6) is 5.75 Å². The lowest BCUT2D eigenvalue weighted by Crippen LogP contribution is -2.38. The van der Waals surface area contributed by atoms with Gasteiger partial charge in [0.1, 0.15) is 16.3 Å². The number of fused-ring (bicyclic) bond motifs is 3. The Bertz CT molecular complexity index is 1420. The molecule has 1 fully saturated rings. The third-order valence-corrected chi connectivity index (χ3v) is 7.00. The summed E-state index contributed by atoms with van der Waals surface area (Å²) in [6, 6.07) is 5.38. The molecule has 2 heterocycles. The van der Waals surface area contributed by atoms with Crippen molar-refractivity contribution in [2.75, 3.05) is 0 Å². The second-order valence-corrected chi connectivity index (χ2v) is 9.38. The fourth-order valence-electron chi connectivity index (χ4n) is 4.38. The van der Waals surface area contributed by atoms with Crippen LogP contribution in [0, 0.1) is 0 Å². The Hall–Kier alpha value is -3.25. The highest BCUT2D eigenvalue weighted by Gasteiger charge is 2.32. The van der Waals surface area contributed by atoms with Gasteiger partial charge < -0.3 is 19.6 Å². The van der Waals surface area contributed by atoms with E-state index in [9.17, 15) is 31.9 Å². The third-order valence-electron chi connectivity index (χ3n) is 6.13. The molecule has 5 rings (SSSR count). The molecule has 4 aromatic rings. The van der Waals surface area contributed by atoms with Crippen LogP contribution in [-0.4, -0.2) is 34.8 Å². The van der Waals surface area contributed by atoms with E-state index >= 15 is 0 Å². The van der Waals surface area contributed by atoms with Gasteiger partial charge in [-0.1, -0.05) is 0 Å². The van der Waals surface area contributed by atoms with Crippen molar-refractivity contribution in [1.82, 2.24) is 10.3 Å². The Labute approximate surface area is 204 Å². The second kappa shape index (κ2) is 9.32. The predicted molar refractivity (Wildman–Crippen MR) is 122 cm³/mol. The van der Waals surface area contributed by atoms with Crippen molar-refractivity contribution in [3.63, 3.8) is 0 Å². The number of amides is 1. The zero-order valence-electron chi connectivity index (χ0n) is 18.4. The van der Waals surface area contributed by atoms with E-state index in [0.29, 0.717) is 36.3 Å². The zero-order valence-corrected chi connectivity index (χ0v) is 19.3. The van der Waals surface area contributed by atoms with E-state index in [1.165, 1.54) is 17.5 Å². The van der Waals surface area contributed by atoms with Gasteiger partial charge in [-0.15, -0.1) is 11.3 Å². The van der Waals surface area contributed by atoms with Crippen molar-refractivity contribution >= 4 is 39.2 Å². The molecule has 6 nitrogen and oxygen atoms in total. The first-order valence-electron chi connectivity index (χ1n) is 11.1. The first-order valence-corrected chi connectivity index (χ1v) is 11.9. The lowest BCUT2D eigenvalue weighted by molar-refractivity contribution is -0.137. The first-order chi connectivity index (χ1) is 17.1. The van der Waals surface area contributed by atoms with Crippen LogP contribution in [0.4, 0.5) is 22.0 Å². The zero-order chi connectivity index (χ0) is 25.6. The lowest BCUT2D eigenvalue weighted by Gasteiger charge is -2.25. The largest absolute Gasteiger partial charge is 0.452 e. The van der Waals surface area contributed by atoms with Crippen molar-refractivity contribution in [2.45, 2.75) is 50.6 Å². The molecule has 190 valence electrons. The molecular formula is C24H19F5N2O4S. The summed E-state index contributed by atoms with van der Waals surface area (Å²) in [5, 5.41) is 14.5. The molecule has 1 aliphatic carbocycles. The number of ether oxygens (including phenoxy) is 1. The molecule has 0 radical (unpaired) electrons. The van der Waals surface area contributed by atoms with Crippen LogP contribution in [0.15, 0.2) is 40.1 Å². The van der Waals surface area contributed by atoms with Crippen molar-refractivity contribution in [3.8, 4) is 16.3 Å². The van der Waals surface area contributed by atoms with E-state index in [-0.39, 0.29) is 45.5 Å². The number of alkyl halides is 5. The van der Waals surface area contributed by atoms with Gasteiger partial charge in [-0.05, 0) is 56.0 Å². The maximum absolute atomic E-state index is 13.4. The molecular weight excluding hydrogens is 507 g/mol. The number of aliphatic hydroxyl groups is 1. The first kappa shape index (κ1) is 24.4. The monoisotopic (exact) mass is 526 g/mol. The highest BCUT2D eigenvalue weighted by molar-refractivity contribution is 7.13. The molecule has 1 aliphatic rings. The molecule has 36 heavy (non-hydrogen) atoms. The Kier molecular flexibility index (Phi) is 6.33. The Morgan fingerprint density at radius 2 is 1.92 bits per heavy atom. The number of rotatable bonds is 5. The molecule has 1 amide bonds. The minimum Gasteiger partial charge on any atom is -0.452 e. The molecule has 0 spiro atoms. The van der Waals surface area contributed by atoms with Crippen LogP contribution in [0.3, 0.4) is 0 Å². The minimum absolute atomic E-state index is 0.0523. The van der Waals surface area contributed by atoms with Crippen LogP contribution in [0.25, 0.3) is 32.5 Å². The standard InChI is InChI=1S/C24H19F5N2O4S/c25-23(26)35-18-8-6-14(19-15-9-11(24(27,28)29)1-7-17(15)34-20(18)19)22-31-16(10-36-22)21(33)30-12-2-4-13(32)5-3-12/h1,6-10,12-13,23,32H,2-5H2,(H,30,33). The summed E-state index contributed by atoms with van der Waals surface area (Å²) < 4.78 is 76.2. The molecule has 1 saturated carbocycles. The van der Waals surface area contributed by atoms with Crippen LogP contribution in [0.1, 0.15) is 41.7 Å². The summed E-state index contributed by atoms with van der Waals surface area (Å²) in [4.78, 5) is 17.1. The average molecular weight is 526 g/mol. The number of aliphatic hydroxyl groups excluding tert-OH is 1. The SMILES string of the molecule is O=C(NC1CCC(O)CC1)c1csc(-c2ccc(OC(F)F)c3oc4ccc(C(F)(F)F)cc4c23)n1. The van der Waals surface area contributed by atoms with Gasteiger partial charge in [0.25, 0.3) is 5.91 Å². The molecule has 0 atom stereocenters. The van der Waals surface area contributed by atoms with Crippen molar-refractivity contribution in [2.24, 2.45) is 0 Å². The van der Waals surface area contributed by atoms with E-state index in [1.807, 2.05) is 0 Å². The molecule has 2 aromatic carbocycles. The van der Waals surface area contributed by atoms with Crippen molar-refractivity contribution < 1.29 is 41.0 Å². The maximum Gasteiger partial charge on any atom is 0.416 e. The number of carbonyl (C=O) groups is 1. The number of nitrogens with one attached hydrogen (secondary N) is 1. The summed E-state index contributed by atoms with van der Waals surface area (Å²) >= 11 is 1.08. The van der Waals surface area contributed by atoms with Gasteiger partial charge in [0.2, 0.25) is 0 Å². The molecule has 2 aromatic heterocycles. The van der Waals surface area contributed by atoms with Crippen LogP contribution < -0.4 is 10.1 Å². The summed E-state index contributed by atoms with van der Waals surface area (Å²) in [5.74, 6) is -0.744. The highest BCUT2D eigenvalue weighted by atomic mass is 32.1. The summed E-state index contributed by atoms with van der Waals surface area (Å²) in [7, 11) is 0. The van der Waals surface area contributed by atoms with Gasteiger partial charge in [0.15, 0.2) is 11.3 Å². The summed E-state index contributed by atoms with van der Waals surface area (Å²) in [5.41, 5.74) is -0.594. The fourth-order valence-corrected chi connectivity index (χ4v) is 5.21. The van der Waals surface area contributed by atoms with Gasteiger partial charge in [0.05, 0.1) is 11.7 Å². The van der Waals surface area contributed by atoms with E-state index in [0.717, 1.165) is 29.5 Å². The Morgan fingerprint density at radius 3 is 2.61 bits per heavy atom. The van der Waals surface area contributed by atoms with Gasteiger partial charge in [-0.25, -0.2) is 4.98 Å². The fraction of sp³-hybridized carbons (Fsp3) is 0.333. The lowest BCUT2D eigenvalue weighted by atomic mass is 9.93. The number of benzene rings is 2. The Balaban J connectivity index is 1.56. The smallest absolute Gasteiger partial charge is 0.416 e. The number of aromatic nitrogens is 1. The predicted octanol–water partition coefficient (Wildman–Crippen LogP) is 6.36. The number of furan rings is 1. The molecule has 2 N–H and O–H groups in total.